The summed E-state index contributed by atoms with van der Waals surface area (Å²) in [5.41, 5.74) is 0. The zero-order valence-corrected chi connectivity index (χ0v) is 8.15. The zero-order valence-electron chi connectivity index (χ0n) is 7.33. The van der Waals surface area contributed by atoms with Gasteiger partial charge in [0.15, 0.2) is 0 Å². The Morgan fingerprint density at radius 1 is 1.45 bits per heavy atom. The summed E-state index contributed by atoms with van der Waals surface area (Å²) in [6.07, 6.45) is 0.864. The van der Waals surface area contributed by atoms with E-state index in [0.717, 1.165) is 6.42 Å². The van der Waals surface area contributed by atoms with Gasteiger partial charge in [-0.1, -0.05) is 20.3 Å². The molecule has 11 heavy (non-hydrogen) atoms. The van der Waals surface area contributed by atoms with Crippen LogP contribution in [-0.4, -0.2) is 21.3 Å². The number of rotatable bonds is 4. The van der Waals surface area contributed by atoms with Crippen molar-refractivity contribution in [3.8, 4) is 0 Å². The predicted molar refractivity (Wildman–Crippen MR) is 45.3 cm³/mol. The van der Waals surface area contributed by atoms with Gasteiger partial charge >= 0.3 is 0 Å². The molecule has 0 aromatic carbocycles. The molecule has 0 aliphatic heterocycles. The summed E-state index contributed by atoms with van der Waals surface area (Å²) in [4.78, 5) is 0. The summed E-state index contributed by atoms with van der Waals surface area (Å²) in [6, 6.07) is 0. The van der Waals surface area contributed by atoms with E-state index in [2.05, 4.69) is 4.18 Å². The highest BCUT2D eigenvalue weighted by atomic mass is 32.2. The lowest BCUT2D eigenvalue weighted by molar-refractivity contribution is 0.390. The van der Waals surface area contributed by atoms with Crippen LogP contribution in [0.2, 0.25) is 0 Å². The van der Waals surface area contributed by atoms with Gasteiger partial charge in [0, 0.05) is 0 Å². The average molecular weight is 183 g/mol. The second-order valence-corrected chi connectivity index (χ2v) is 4.19. The zero-order chi connectivity index (χ0) is 8.20. The van der Waals surface area contributed by atoms with E-state index in [9.17, 15) is 8.42 Å². The molecule has 0 aromatic rings. The molecular formula is C6H17NO3S. The SMILES string of the molecule is CCC(C)CS(=O)(=O)OC.N. The smallest absolute Gasteiger partial charge is 0.267 e. The van der Waals surface area contributed by atoms with Crippen molar-refractivity contribution < 1.29 is 12.6 Å². The first-order valence-electron chi connectivity index (χ1n) is 3.30. The summed E-state index contributed by atoms with van der Waals surface area (Å²) in [5.74, 6) is 0.310. The van der Waals surface area contributed by atoms with Gasteiger partial charge in [-0.2, -0.15) is 8.42 Å². The van der Waals surface area contributed by atoms with Crippen LogP contribution in [0.1, 0.15) is 20.3 Å². The molecular weight excluding hydrogens is 166 g/mol. The third-order valence-electron chi connectivity index (χ3n) is 1.44. The van der Waals surface area contributed by atoms with Crippen molar-refractivity contribution in [1.82, 2.24) is 6.15 Å². The van der Waals surface area contributed by atoms with Gasteiger partial charge in [-0.15, -0.1) is 0 Å². The lowest BCUT2D eigenvalue weighted by Crippen LogP contribution is -2.14. The Hall–Kier alpha value is -0.130. The molecule has 0 amide bonds. The van der Waals surface area contributed by atoms with Crippen LogP contribution in [0.3, 0.4) is 0 Å². The normalized spacial score (nSPS) is 13.7. The van der Waals surface area contributed by atoms with Crippen LogP contribution in [0.25, 0.3) is 0 Å². The van der Waals surface area contributed by atoms with Crippen molar-refractivity contribution in [1.29, 1.82) is 0 Å². The van der Waals surface area contributed by atoms with Crippen molar-refractivity contribution in [2.24, 2.45) is 5.92 Å². The molecule has 1 unspecified atom stereocenters. The summed E-state index contributed by atoms with van der Waals surface area (Å²) in [7, 11) is -2.04. The minimum atomic E-state index is -3.23. The molecule has 0 saturated carbocycles. The molecule has 0 aliphatic rings. The lowest BCUT2D eigenvalue weighted by Gasteiger charge is -2.06. The average Bonchev–Trinajstić information content (AvgIpc) is 1.87. The predicted octanol–water partition coefficient (Wildman–Crippen LogP) is 1.17. The molecule has 0 aliphatic carbocycles. The van der Waals surface area contributed by atoms with Crippen LogP contribution < -0.4 is 6.15 Å². The summed E-state index contributed by atoms with van der Waals surface area (Å²) in [6.45, 7) is 3.84. The van der Waals surface area contributed by atoms with Gasteiger partial charge in [-0.3, -0.25) is 4.18 Å². The van der Waals surface area contributed by atoms with Crippen LogP contribution >= 0.6 is 0 Å². The maximum atomic E-state index is 10.7. The van der Waals surface area contributed by atoms with Gasteiger partial charge in [-0.25, -0.2) is 0 Å². The highest BCUT2D eigenvalue weighted by Gasteiger charge is 2.12. The Bertz CT molecular complexity index is 176. The first kappa shape index (κ1) is 13.5. The molecule has 0 aromatic heterocycles. The van der Waals surface area contributed by atoms with Gasteiger partial charge in [0.1, 0.15) is 0 Å². The highest BCUT2D eigenvalue weighted by molar-refractivity contribution is 7.86. The number of hydrogen-bond acceptors (Lipinski definition) is 4. The fourth-order valence-electron chi connectivity index (χ4n) is 0.534. The molecule has 3 N–H and O–H groups in total. The molecule has 70 valence electrons. The van der Waals surface area contributed by atoms with E-state index in [4.69, 9.17) is 0 Å². The van der Waals surface area contributed by atoms with E-state index < -0.39 is 10.1 Å². The van der Waals surface area contributed by atoms with E-state index in [-0.39, 0.29) is 17.8 Å². The third-order valence-corrected chi connectivity index (χ3v) is 2.92. The fraction of sp³-hybridized carbons (Fsp3) is 1.00. The number of hydrogen-bond donors (Lipinski definition) is 1. The second kappa shape index (κ2) is 5.51. The van der Waals surface area contributed by atoms with E-state index in [1.54, 1.807) is 0 Å². The second-order valence-electron chi connectivity index (χ2n) is 2.40. The molecule has 5 heteroatoms. The molecule has 0 bridgehead atoms. The Morgan fingerprint density at radius 3 is 2.18 bits per heavy atom. The first-order chi connectivity index (χ1) is 4.52. The molecule has 0 heterocycles. The van der Waals surface area contributed by atoms with Crippen molar-refractivity contribution in [3.63, 3.8) is 0 Å². The summed E-state index contributed by atoms with van der Waals surface area (Å²) >= 11 is 0. The minimum Gasteiger partial charge on any atom is -0.344 e. The van der Waals surface area contributed by atoms with Gasteiger partial charge in [0.25, 0.3) is 10.1 Å². The molecule has 0 fully saturated rings. The van der Waals surface area contributed by atoms with E-state index in [0.29, 0.717) is 0 Å². The fourth-order valence-corrected chi connectivity index (χ4v) is 1.60. The molecule has 0 rings (SSSR count). The quantitative estimate of drug-likeness (QED) is 0.663. The van der Waals surface area contributed by atoms with Crippen molar-refractivity contribution in [2.75, 3.05) is 12.9 Å². The Balaban J connectivity index is 0. The van der Waals surface area contributed by atoms with Crippen molar-refractivity contribution in [2.45, 2.75) is 20.3 Å². The van der Waals surface area contributed by atoms with Gasteiger partial charge in [0.05, 0.1) is 12.9 Å². The van der Waals surface area contributed by atoms with E-state index in [1.165, 1.54) is 7.11 Å². The van der Waals surface area contributed by atoms with E-state index in [1.807, 2.05) is 13.8 Å². The Kier molecular flexibility index (Phi) is 6.74. The monoisotopic (exact) mass is 183 g/mol. The molecule has 0 spiro atoms. The highest BCUT2D eigenvalue weighted by Crippen LogP contribution is 2.05. The van der Waals surface area contributed by atoms with Crippen LogP contribution in [0.5, 0.6) is 0 Å². The maximum Gasteiger partial charge on any atom is 0.267 e. The van der Waals surface area contributed by atoms with Crippen LogP contribution in [-0.2, 0) is 14.3 Å². The van der Waals surface area contributed by atoms with Crippen LogP contribution in [0, 0.1) is 5.92 Å². The van der Waals surface area contributed by atoms with Gasteiger partial charge < -0.3 is 6.15 Å². The maximum absolute atomic E-state index is 10.7. The Labute approximate surface area is 68.6 Å². The largest absolute Gasteiger partial charge is 0.344 e. The van der Waals surface area contributed by atoms with E-state index >= 15 is 0 Å². The molecule has 0 saturated heterocycles. The molecule has 1 atom stereocenters. The Morgan fingerprint density at radius 2 is 1.91 bits per heavy atom. The van der Waals surface area contributed by atoms with Crippen molar-refractivity contribution in [3.05, 3.63) is 0 Å². The first-order valence-corrected chi connectivity index (χ1v) is 4.88. The standard InChI is InChI=1S/C6H14O3S.H3N/c1-4-6(2)5-10(7,8)9-3;/h6H,4-5H2,1-3H3;1H3. The summed E-state index contributed by atoms with van der Waals surface area (Å²) < 4.78 is 25.8. The van der Waals surface area contributed by atoms with Gasteiger partial charge in [-0.05, 0) is 5.92 Å². The molecule has 0 radical (unpaired) electrons. The van der Waals surface area contributed by atoms with Crippen LogP contribution in [0.15, 0.2) is 0 Å². The topological polar surface area (TPSA) is 78.4 Å². The van der Waals surface area contributed by atoms with Crippen LogP contribution in [0.4, 0.5) is 0 Å². The van der Waals surface area contributed by atoms with Crippen molar-refractivity contribution >= 4 is 10.1 Å². The summed E-state index contributed by atoms with van der Waals surface area (Å²) in [5, 5.41) is 0. The lowest BCUT2D eigenvalue weighted by atomic mass is 10.2. The minimum absolute atomic E-state index is 0. The van der Waals surface area contributed by atoms with Gasteiger partial charge in [0.2, 0.25) is 0 Å². The molecule has 4 nitrogen and oxygen atoms in total. The third kappa shape index (κ3) is 6.28.